The normalized spacial score (nSPS) is 18.8. The number of likely N-dealkylation sites (tertiary alicyclic amines) is 1. The number of piperidine rings is 1. The highest BCUT2D eigenvalue weighted by molar-refractivity contribution is 5.92. The van der Waals surface area contributed by atoms with Gasteiger partial charge in [-0.05, 0) is 50.0 Å². The number of nitrogens with zero attached hydrogens (tertiary/aromatic N) is 1. The molecule has 1 amide bonds. The second kappa shape index (κ2) is 7.07. The maximum atomic E-state index is 12.2. The van der Waals surface area contributed by atoms with Gasteiger partial charge in [-0.15, -0.1) is 0 Å². The zero-order valence-electron chi connectivity index (χ0n) is 12.5. The predicted molar refractivity (Wildman–Crippen MR) is 81.8 cm³/mol. The molecule has 21 heavy (non-hydrogen) atoms. The van der Waals surface area contributed by atoms with Crippen LogP contribution >= 0.6 is 0 Å². The van der Waals surface area contributed by atoms with Crippen molar-refractivity contribution in [1.82, 2.24) is 4.90 Å². The molecular weight excluding hydrogens is 266 g/mol. The number of methoxy groups -OCH3 is 1. The summed E-state index contributed by atoms with van der Waals surface area (Å²) >= 11 is 0. The van der Waals surface area contributed by atoms with Crippen molar-refractivity contribution in [2.75, 3.05) is 13.7 Å². The van der Waals surface area contributed by atoms with Gasteiger partial charge in [0.2, 0.25) is 5.91 Å². The highest BCUT2D eigenvalue weighted by Crippen LogP contribution is 2.17. The van der Waals surface area contributed by atoms with Gasteiger partial charge in [0, 0.05) is 18.7 Å². The zero-order chi connectivity index (χ0) is 15.2. The minimum absolute atomic E-state index is 0.0549. The number of carbonyl (C=O) groups is 2. The molecule has 0 radical (unpaired) electrons. The highest BCUT2D eigenvalue weighted by Gasteiger charge is 2.21. The molecule has 112 valence electrons. The largest absolute Gasteiger partial charge is 0.465 e. The summed E-state index contributed by atoms with van der Waals surface area (Å²) in [5, 5.41) is 0. The molecule has 0 bridgehead atoms. The topological polar surface area (TPSA) is 46.6 Å². The minimum atomic E-state index is -0.358. The number of hydrogen-bond donors (Lipinski definition) is 0. The minimum Gasteiger partial charge on any atom is -0.465 e. The maximum absolute atomic E-state index is 12.2. The molecule has 1 heterocycles. The lowest BCUT2D eigenvalue weighted by Gasteiger charge is -2.32. The van der Waals surface area contributed by atoms with E-state index in [4.69, 9.17) is 0 Å². The second-order valence-electron chi connectivity index (χ2n) is 5.32. The third kappa shape index (κ3) is 3.94. The summed E-state index contributed by atoms with van der Waals surface area (Å²) in [6.07, 6.45) is 6.74. The first-order valence-electron chi connectivity index (χ1n) is 7.29. The molecule has 1 aromatic carbocycles. The summed E-state index contributed by atoms with van der Waals surface area (Å²) in [6, 6.07) is 7.31. The molecule has 4 heteroatoms. The van der Waals surface area contributed by atoms with Gasteiger partial charge in [0.25, 0.3) is 0 Å². The van der Waals surface area contributed by atoms with Gasteiger partial charge in [-0.25, -0.2) is 4.79 Å². The van der Waals surface area contributed by atoms with Crippen LogP contribution in [0, 0.1) is 0 Å². The lowest BCUT2D eigenvalue weighted by atomic mass is 10.0. The van der Waals surface area contributed by atoms with E-state index in [-0.39, 0.29) is 11.9 Å². The van der Waals surface area contributed by atoms with Crippen LogP contribution in [0.2, 0.25) is 0 Å². The quantitative estimate of drug-likeness (QED) is 0.634. The number of benzene rings is 1. The van der Waals surface area contributed by atoms with Crippen molar-refractivity contribution in [3.8, 4) is 0 Å². The molecule has 0 aliphatic carbocycles. The van der Waals surface area contributed by atoms with Gasteiger partial charge in [-0.2, -0.15) is 0 Å². The lowest BCUT2D eigenvalue weighted by Crippen LogP contribution is -2.41. The van der Waals surface area contributed by atoms with Crippen LogP contribution in [-0.4, -0.2) is 36.5 Å². The van der Waals surface area contributed by atoms with E-state index in [1.807, 2.05) is 4.90 Å². The fraction of sp³-hybridized carbons (Fsp3) is 0.412. The van der Waals surface area contributed by atoms with Crippen LogP contribution < -0.4 is 0 Å². The summed E-state index contributed by atoms with van der Waals surface area (Å²) in [4.78, 5) is 25.4. The van der Waals surface area contributed by atoms with Crippen molar-refractivity contribution in [3.63, 3.8) is 0 Å². The van der Waals surface area contributed by atoms with E-state index in [0.717, 1.165) is 24.9 Å². The molecule has 2 rings (SSSR count). The third-order valence-corrected chi connectivity index (χ3v) is 3.84. The first kappa shape index (κ1) is 15.3. The van der Waals surface area contributed by atoms with Gasteiger partial charge in [0.05, 0.1) is 12.7 Å². The van der Waals surface area contributed by atoms with Gasteiger partial charge >= 0.3 is 5.97 Å². The number of rotatable bonds is 3. The van der Waals surface area contributed by atoms with Crippen LogP contribution in [0.3, 0.4) is 0 Å². The van der Waals surface area contributed by atoms with E-state index in [2.05, 4.69) is 11.7 Å². The van der Waals surface area contributed by atoms with Gasteiger partial charge < -0.3 is 9.64 Å². The molecule has 1 aliphatic heterocycles. The molecule has 1 aliphatic rings. The summed E-state index contributed by atoms with van der Waals surface area (Å²) in [5.74, 6) is -0.303. The average molecular weight is 287 g/mol. The van der Waals surface area contributed by atoms with Gasteiger partial charge in [-0.1, -0.05) is 12.1 Å². The molecule has 0 N–H and O–H groups in total. The van der Waals surface area contributed by atoms with Crippen LogP contribution in [0.25, 0.3) is 6.08 Å². The van der Waals surface area contributed by atoms with E-state index >= 15 is 0 Å². The van der Waals surface area contributed by atoms with Crippen molar-refractivity contribution in [3.05, 3.63) is 41.5 Å². The number of amides is 1. The maximum Gasteiger partial charge on any atom is 0.337 e. The fourth-order valence-corrected chi connectivity index (χ4v) is 2.54. The van der Waals surface area contributed by atoms with Crippen molar-refractivity contribution in [1.29, 1.82) is 0 Å². The highest BCUT2D eigenvalue weighted by atomic mass is 16.5. The van der Waals surface area contributed by atoms with E-state index < -0.39 is 0 Å². The lowest BCUT2D eigenvalue weighted by molar-refractivity contribution is -0.129. The third-order valence-electron chi connectivity index (χ3n) is 3.84. The molecule has 0 aromatic heterocycles. The van der Waals surface area contributed by atoms with Crippen LogP contribution in [0.4, 0.5) is 0 Å². The Balaban J connectivity index is 2.00. The Kier molecular flexibility index (Phi) is 5.14. The second-order valence-corrected chi connectivity index (χ2v) is 5.32. The molecule has 4 nitrogen and oxygen atoms in total. The predicted octanol–water partition coefficient (Wildman–Crippen LogP) is 2.89. The number of ether oxygens (including phenoxy) is 1. The van der Waals surface area contributed by atoms with Gasteiger partial charge in [0.15, 0.2) is 0 Å². The van der Waals surface area contributed by atoms with Crippen LogP contribution in [0.1, 0.15) is 42.1 Å². The van der Waals surface area contributed by atoms with E-state index in [0.29, 0.717) is 11.6 Å². The number of esters is 1. The monoisotopic (exact) mass is 287 g/mol. The molecule has 1 aromatic rings. The summed E-state index contributed by atoms with van der Waals surface area (Å²) in [5.41, 5.74) is 1.39. The van der Waals surface area contributed by atoms with Crippen molar-refractivity contribution >= 4 is 18.0 Å². The molecule has 1 saturated heterocycles. The molecule has 0 saturated carbocycles. The van der Waals surface area contributed by atoms with Gasteiger partial charge in [-0.3, -0.25) is 4.79 Å². The molecule has 1 fully saturated rings. The van der Waals surface area contributed by atoms with Crippen LogP contribution in [0.5, 0.6) is 0 Å². The summed E-state index contributed by atoms with van der Waals surface area (Å²) in [6.45, 7) is 2.93. The molecule has 1 unspecified atom stereocenters. The number of carbonyl (C=O) groups excluding carboxylic acids is 2. The Morgan fingerprint density at radius 2 is 1.95 bits per heavy atom. The summed E-state index contributed by atoms with van der Waals surface area (Å²) < 4.78 is 4.65. The van der Waals surface area contributed by atoms with Crippen molar-refractivity contribution < 1.29 is 14.3 Å². The van der Waals surface area contributed by atoms with E-state index in [9.17, 15) is 9.59 Å². The summed E-state index contributed by atoms with van der Waals surface area (Å²) in [7, 11) is 1.36. The Morgan fingerprint density at radius 1 is 1.24 bits per heavy atom. The first-order chi connectivity index (χ1) is 10.1. The van der Waals surface area contributed by atoms with Crippen LogP contribution in [0.15, 0.2) is 30.3 Å². The standard InChI is InChI=1S/C17H21NO3/c1-13-5-3-4-12-18(13)16(19)11-8-14-6-9-15(10-7-14)17(20)21-2/h6-11,13H,3-5,12H2,1-2H3/b11-8+. The fourth-order valence-electron chi connectivity index (χ4n) is 2.54. The van der Waals surface area contributed by atoms with Crippen molar-refractivity contribution in [2.24, 2.45) is 0 Å². The smallest absolute Gasteiger partial charge is 0.337 e. The van der Waals surface area contributed by atoms with Gasteiger partial charge in [0.1, 0.15) is 0 Å². The van der Waals surface area contributed by atoms with Crippen molar-refractivity contribution in [2.45, 2.75) is 32.2 Å². The first-order valence-corrected chi connectivity index (χ1v) is 7.29. The van der Waals surface area contributed by atoms with E-state index in [1.165, 1.54) is 13.5 Å². The zero-order valence-corrected chi connectivity index (χ0v) is 12.5. The average Bonchev–Trinajstić information content (AvgIpc) is 2.52. The van der Waals surface area contributed by atoms with Crippen LogP contribution in [-0.2, 0) is 9.53 Å². The Bertz CT molecular complexity index is 533. The Morgan fingerprint density at radius 3 is 2.57 bits per heavy atom. The molecule has 1 atom stereocenters. The van der Waals surface area contributed by atoms with E-state index in [1.54, 1.807) is 36.4 Å². The molecular formula is C17H21NO3. The molecule has 0 spiro atoms. The Labute approximate surface area is 125 Å². The SMILES string of the molecule is COC(=O)c1ccc(/C=C/C(=O)N2CCCCC2C)cc1. The number of hydrogen-bond acceptors (Lipinski definition) is 3. The Hall–Kier alpha value is -2.10.